The molecule has 0 radical (unpaired) electrons. The molecule has 0 fully saturated rings. The molecule has 6 nitrogen and oxygen atoms in total. The van der Waals surface area contributed by atoms with Gasteiger partial charge in [0.25, 0.3) is 0 Å². The molecule has 3 aromatic carbocycles. The van der Waals surface area contributed by atoms with Crippen LogP contribution >= 0.6 is 0 Å². The summed E-state index contributed by atoms with van der Waals surface area (Å²) >= 11 is 0. The third-order valence-electron chi connectivity index (χ3n) is 5.38. The topological polar surface area (TPSA) is 67.1 Å². The number of furan rings is 1. The molecule has 0 saturated heterocycles. The fourth-order valence-electron chi connectivity index (χ4n) is 3.79. The van der Waals surface area contributed by atoms with Crippen LogP contribution in [0.1, 0.15) is 36.3 Å². The number of esters is 1. The first kappa shape index (κ1) is 24.5. The van der Waals surface area contributed by atoms with Gasteiger partial charge in [0.1, 0.15) is 18.5 Å². The van der Waals surface area contributed by atoms with Gasteiger partial charge in [-0.2, -0.15) is 0 Å². The molecular formula is C29H30O6. The Kier molecular flexibility index (Phi) is 8.92. The summed E-state index contributed by atoms with van der Waals surface area (Å²) in [6.45, 7) is 3.37. The van der Waals surface area contributed by atoms with Crippen molar-refractivity contribution >= 4 is 16.9 Å². The molecule has 4 rings (SSSR count). The quantitative estimate of drug-likeness (QED) is 0.173. The van der Waals surface area contributed by atoms with Crippen LogP contribution in [0.3, 0.4) is 0 Å². The normalized spacial score (nSPS) is 11.1. The van der Waals surface area contributed by atoms with Gasteiger partial charge in [0.15, 0.2) is 17.9 Å². The van der Waals surface area contributed by atoms with Crippen molar-refractivity contribution in [3.05, 3.63) is 102 Å². The van der Waals surface area contributed by atoms with Gasteiger partial charge in [0, 0.05) is 12.0 Å². The second-order valence-corrected chi connectivity index (χ2v) is 7.96. The molecule has 0 N–H and O–H groups in total. The third kappa shape index (κ3) is 6.94. The highest BCUT2D eigenvalue weighted by atomic mass is 16.6. The zero-order valence-electron chi connectivity index (χ0n) is 19.9. The summed E-state index contributed by atoms with van der Waals surface area (Å²) < 4.78 is 28.5. The minimum Gasteiger partial charge on any atom is -0.478 e. The smallest absolute Gasteiger partial charge is 0.344 e. The van der Waals surface area contributed by atoms with Crippen molar-refractivity contribution in [2.24, 2.45) is 0 Å². The van der Waals surface area contributed by atoms with Gasteiger partial charge in [-0.1, -0.05) is 72.8 Å². The van der Waals surface area contributed by atoms with Crippen molar-refractivity contribution in [1.82, 2.24) is 0 Å². The van der Waals surface area contributed by atoms with Gasteiger partial charge in [-0.3, -0.25) is 0 Å². The van der Waals surface area contributed by atoms with Crippen molar-refractivity contribution in [2.45, 2.75) is 26.1 Å². The number of carbonyl (C=O) groups excluding carboxylic acids is 1. The lowest BCUT2D eigenvalue weighted by molar-refractivity contribution is -0.145. The van der Waals surface area contributed by atoms with E-state index in [2.05, 4.69) is 24.3 Å². The summed E-state index contributed by atoms with van der Waals surface area (Å²) in [7, 11) is 0. The van der Waals surface area contributed by atoms with Crippen LogP contribution < -0.4 is 4.74 Å². The lowest BCUT2D eigenvalue weighted by Gasteiger charge is -2.19. The van der Waals surface area contributed by atoms with E-state index in [1.54, 1.807) is 13.0 Å². The Labute approximate surface area is 205 Å². The zero-order chi connectivity index (χ0) is 24.3. The van der Waals surface area contributed by atoms with Crippen LogP contribution in [-0.2, 0) is 25.6 Å². The van der Waals surface area contributed by atoms with E-state index in [1.807, 2.05) is 54.6 Å². The number of carbonyl (C=O) groups is 1. The van der Waals surface area contributed by atoms with Gasteiger partial charge in [0.05, 0.1) is 13.2 Å². The van der Waals surface area contributed by atoms with Crippen molar-refractivity contribution in [3.63, 3.8) is 0 Å². The Hall–Kier alpha value is -3.61. The van der Waals surface area contributed by atoms with E-state index in [9.17, 15) is 4.79 Å². The SMILES string of the molecule is CCOC(=O)COc1cccc2cc(COCCCOC(c3ccccc3)c3ccccc3)oc12. The number of hydrogen-bond donors (Lipinski definition) is 0. The fourth-order valence-corrected chi connectivity index (χ4v) is 3.79. The number of fused-ring (bicyclic) bond motifs is 1. The van der Waals surface area contributed by atoms with Crippen LogP contribution in [0.25, 0.3) is 11.0 Å². The Morgan fingerprint density at radius 3 is 2.29 bits per heavy atom. The summed E-state index contributed by atoms with van der Waals surface area (Å²) in [4.78, 5) is 11.6. The van der Waals surface area contributed by atoms with Crippen LogP contribution in [0.4, 0.5) is 0 Å². The van der Waals surface area contributed by atoms with E-state index in [4.69, 9.17) is 23.4 Å². The monoisotopic (exact) mass is 474 g/mol. The number of para-hydroxylation sites is 1. The maximum absolute atomic E-state index is 11.6. The summed E-state index contributed by atoms with van der Waals surface area (Å²) in [6, 6.07) is 27.9. The van der Waals surface area contributed by atoms with Gasteiger partial charge in [0.2, 0.25) is 0 Å². The number of rotatable bonds is 13. The molecule has 1 aromatic heterocycles. The number of hydrogen-bond acceptors (Lipinski definition) is 6. The molecule has 0 saturated carbocycles. The predicted molar refractivity (Wildman–Crippen MR) is 133 cm³/mol. The fraction of sp³-hybridized carbons (Fsp3) is 0.276. The molecule has 0 bridgehead atoms. The molecule has 1 heterocycles. The molecule has 35 heavy (non-hydrogen) atoms. The Morgan fingerprint density at radius 2 is 1.60 bits per heavy atom. The van der Waals surface area contributed by atoms with Gasteiger partial charge in [-0.15, -0.1) is 0 Å². The first-order valence-electron chi connectivity index (χ1n) is 11.8. The van der Waals surface area contributed by atoms with Crippen molar-refractivity contribution < 1.29 is 28.2 Å². The van der Waals surface area contributed by atoms with Crippen molar-refractivity contribution in [2.75, 3.05) is 26.4 Å². The maximum atomic E-state index is 11.6. The second kappa shape index (κ2) is 12.7. The van der Waals surface area contributed by atoms with Crippen LogP contribution in [0, 0.1) is 0 Å². The van der Waals surface area contributed by atoms with Crippen LogP contribution in [0.5, 0.6) is 5.75 Å². The molecule has 0 amide bonds. The van der Waals surface area contributed by atoms with Gasteiger partial charge in [-0.25, -0.2) is 4.79 Å². The van der Waals surface area contributed by atoms with E-state index >= 15 is 0 Å². The largest absolute Gasteiger partial charge is 0.478 e. The molecule has 0 aliphatic rings. The minimum absolute atomic E-state index is 0.110. The van der Waals surface area contributed by atoms with E-state index in [-0.39, 0.29) is 12.7 Å². The number of ether oxygens (including phenoxy) is 4. The minimum atomic E-state index is -0.413. The first-order valence-corrected chi connectivity index (χ1v) is 11.8. The second-order valence-electron chi connectivity index (χ2n) is 7.96. The van der Waals surface area contributed by atoms with Gasteiger partial charge >= 0.3 is 5.97 Å². The molecule has 0 spiro atoms. The van der Waals surface area contributed by atoms with E-state index < -0.39 is 5.97 Å². The zero-order valence-corrected chi connectivity index (χ0v) is 19.9. The van der Waals surface area contributed by atoms with Crippen molar-refractivity contribution in [1.29, 1.82) is 0 Å². The standard InChI is InChI=1S/C29H30O6/c1-2-32-27(30)21-34-26-16-9-15-24-19-25(35-29(24)26)20-31-17-10-18-33-28(22-11-5-3-6-12-22)23-13-7-4-8-14-23/h3-9,11-16,19,28H,2,10,17-18,20-21H2,1H3. The highest BCUT2D eigenvalue weighted by Crippen LogP contribution is 2.29. The van der Waals surface area contributed by atoms with Crippen LogP contribution in [-0.4, -0.2) is 32.4 Å². The van der Waals surface area contributed by atoms with Crippen molar-refractivity contribution in [3.8, 4) is 5.75 Å². The summed E-state index contributed by atoms with van der Waals surface area (Å²) in [6.07, 6.45) is 0.644. The lowest BCUT2D eigenvalue weighted by Crippen LogP contribution is -2.14. The van der Waals surface area contributed by atoms with Gasteiger partial charge < -0.3 is 23.4 Å². The molecule has 0 unspecified atom stereocenters. The summed E-state index contributed by atoms with van der Waals surface area (Å²) in [5.74, 6) is 0.784. The number of benzene rings is 3. The molecule has 182 valence electrons. The molecule has 6 heteroatoms. The predicted octanol–water partition coefficient (Wildman–Crippen LogP) is 6.09. The molecule has 4 aromatic rings. The highest BCUT2D eigenvalue weighted by molar-refractivity contribution is 5.84. The van der Waals surface area contributed by atoms with Crippen LogP contribution in [0.15, 0.2) is 89.3 Å². The molecular weight excluding hydrogens is 444 g/mol. The van der Waals surface area contributed by atoms with E-state index in [1.165, 1.54) is 0 Å². The Bertz CT molecular complexity index is 1150. The molecule has 0 aliphatic carbocycles. The van der Waals surface area contributed by atoms with E-state index in [0.29, 0.717) is 43.5 Å². The summed E-state index contributed by atoms with van der Waals surface area (Å²) in [5, 5.41) is 0.891. The average Bonchev–Trinajstić information content (AvgIpc) is 3.32. The van der Waals surface area contributed by atoms with Gasteiger partial charge in [-0.05, 0) is 36.6 Å². The Balaban J connectivity index is 1.26. The highest BCUT2D eigenvalue weighted by Gasteiger charge is 2.14. The Morgan fingerprint density at radius 1 is 0.886 bits per heavy atom. The first-order chi connectivity index (χ1) is 17.2. The molecule has 0 aliphatic heterocycles. The third-order valence-corrected chi connectivity index (χ3v) is 5.38. The lowest BCUT2D eigenvalue weighted by atomic mass is 10.0. The van der Waals surface area contributed by atoms with Crippen LogP contribution in [0.2, 0.25) is 0 Å². The van der Waals surface area contributed by atoms with E-state index in [0.717, 1.165) is 22.9 Å². The average molecular weight is 475 g/mol. The summed E-state index contributed by atoms with van der Waals surface area (Å²) in [5.41, 5.74) is 2.85. The maximum Gasteiger partial charge on any atom is 0.344 e. The molecule has 0 atom stereocenters.